The Balaban J connectivity index is 1.43. The Morgan fingerprint density at radius 1 is 0.971 bits per heavy atom. The number of aromatic hydroxyl groups is 1. The van der Waals surface area contributed by atoms with Crippen molar-refractivity contribution >= 4 is 15.7 Å². The molecule has 2 rings (SSSR count). The van der Waals surface area contributed by atoms with Gasteiger partial charge in [-0.1, -0.05) is 31.0 Å². The molecule has 0 amide bonds. The number of aliphatic hydroxyl groups excluding tert-OH is 2. The van der Waals surface area contributed by atoms with Gasteiger partial charge in [0.15, 0.2) is 0 Å². The van der Waals surface area contributed by atoms with E-state index in [9.17, 15) is 23.7 Å². The molecule has 8 nitrogen and oxygen atoms in total. The number of sulfonamides is 1. The normalized spacial score (nSPS) is 12.5. The zero-order valence-electron chi connectivity index (χ0n) is 20.6. The maximum Gasteiger partial charge on any atom is 0.229 e. The number of benzene rings is 2. The summed E-state index contributed by atoms with van der Waals surface area (Å²) in [4.78, 5) is 0. The number of rotatable bonds is 18. The number of unbranched alkanes of at least 4 members (excludes halogenated alkanes) is 4. The highest BCUT2D eigenvalue weighted by Gasteiger charge is 2.10. The lowest BCUT2D eigenvalue weighted by atomic mass is 10.1. The van der Waals surface area contributed by atoms with Crippen LogP contribution in [0.2, 0.25) is 0 Å². The van der Waals surface area contributed by atoms with Crippen molar-refractivity contribution in [3.05, 3.63) is 59.2 Å². The van der Waals surface area contributed by atoms with Gasteiger partial charge in [-0.05, 0) is 74.0 Å². The van der Waals surface area contributed by atoms with E-state index in [-0.39, 0.29) is 12.4 Å². The second kappa shape index (κ2) is 15.7. The van der Waals surface area contributed by atoms with E-state index in [1.165, 1.54) is 6.07 Å². The van der Waals surface area contributed by atoms with E-state index < -0.39 is 16.1 Å². The van der Waals surface area contributed by atoms with Gasteiger partial charge in [0, 0.05) is 31.0 Å². The highest BCUT2D eigenvalue weighted by Crippen LogP contribution is 2.22. The van der Waals surface area contributed by atoms with Gasteiger partial charge in [-0.15, -0.1) is 0 Å². The number of aryl methyl sites for hydroxylation is 1. The molecule has 2 aromatic carbocycles. The second-order valence-electron chi connectivity index (χ2n) is 8.82. The van der Waals surface area contributed by atoms with Gasteiger partial charge in [0.1, 0.15) is 5.75 Å². The molecule has 9 heteroatoms. The minimum absolute atomic E-state index is 0.0347. The van der Waals surface area contributed by atoms with Gasteiger partial charge in [0.25, 0.3) is 0 Å². The number of hydrogen-bond donors (Lipinski definition) is 5. The molecular weight excluding hydrogens is 468 g/mol. The lowest BCUT2D eigenvalue weighted by Gasteiger charge is -2.14. The predicted molar refractivity (Wildman–Crippen MR) is 139 cm³/mol. The molecule has 35 heavy (non-hydrogen) atoms. The van der Waals surface area contributed by atoms with Crippen molar-refractivity contribution in [2.75, 3.05) is 37.3 Å². The summed E-state index contributed by atoms with van der Waals surface area (Å²) < 4.78 is 30.9. The van der Waals surface area contributed by atoms with Crippen molar-refractivity contribution in [1.29, 1.82) is 0 Å². The number of phenols is 1. The molecular formula is C26H40N2O6S. The molecule has 1 atom stereocenters. The zero-order chi connectivity index (χ0) is 25.5. The summed E-state index contributed by atoms with van der Waals surface area (Å²) in [5.41, 5.74) is 2.80. The Hall–Kier alpha value is -2.17. The number of aliphatic hydroxyl groups is 2. The third-order valence-electron chi connectivity index (χ3n) is 5.62. The van der Waals surface area contributed by atoms with Crippen molar-refractivity contribution < 1.29 is 28.5 Å². The molecule has 2 aromatic rings. The van der Waals surface area contributed by atoms with Gasteiger partial charge in [-0.2, -0.15) is 0 Å². The third kappa shape index (κ3) is 12.4. The summed E-state index contributed by atoms with van der Waals surface area (Å²) in [5.74, 6) is 0.0347. The van der Waals surface area contributed by atoms with E-state index in [0.29, 0.717) is 23.4 Å². The van der Waals surface area contributed by atoms with E-state index in [0.717, 1.165) is 76.5 Å². The first-order chi connectivity index (χ1) is 16.8. The molecule has 0 unspecified atom stereocenters. The maximum atomic E-state index is 11.3. The van der Waals surface area contributed by atoms with Crippen LogP contribution in [0.3, 0.4) is 0 Å². The first-order valence-corrected chi connectivity index (χ1v) is 14.1. The molecule has 0 aliphatic carbocycles. The Labute approximate surface area is 209 Å². The van der Waals surface area contributed by atoms with Gasteiger partial charge < -0.3 is 25.4 Å². The van der Waals surface area contributed by atoms with Crippen LogP contribution < -0.4 is 10.0 Å². The molecule has 0 bridgehead atoms. The molecule has 0 aliphatic rings. The van der Waals surface area contributed by atoms with E-state index in [1.54, 1.807) is 18.2 Å². The van der Waals surface area contributed by atoms with Crippen LogP contribution >= 0.6 is 0 Å². The fraction of sp³-hybridized carbons (Fsp3) is 0.538. The Bertz CT molecular complexity index is 984. The summed E-state index contributed by atoms with van der Waals surface area (Å²) in [6.45, 7) is 2.48. The van der Waals surface area contributed by atoms with Crippen LogP contribution in [-0.2, 0) is 27.8 Å². The summed E-state index contributed by atoms with van der Waals surface area (Å²) in [7, 11) is -3.26. The molecule has 0 aliphatic heterocycles. The minimum atomic E-state index is -3.26. The van der Waals surface area contributed by atoms with Crippen LogP contribution in [0.4, 0.5) is 5.69 Å². The highest BCUT2D eigenvalue weighted by molar-refractivity contribution is 7.92. The van der Waals surface area contributed by atoms with E-state index in [1.807, 2.05) is 18.2 Å². The van der Waals surface area contributed by atoms with E-state index >= 15 is 0 Å². The zero-order valence-corrected chi connectivity index (χ0v) is 21.4. The summed E-state index contributed by atoms with van der Waals surface area (Å²) in [6, 6.07) is 12.3. The number of anilines is 1. The first kappa shape index (κ1) is 29.1. The SMILES string of the molecule is CS(=O)(=O)Nc1cccc(CCCCOCCCCCCNC[C@H](O)c2ccc(O)c(CO)c2)c1. The average molecular weight is 509 g/mol. The topological polar surface area (TPSA) is 128 Å². The Morgan fingerprint density at radius 3 is 2.46 bits per heavy atom. The van der Waals surface area contributed by atoms with E-state index in [2.05, 4.69) is 10.0 Å². The molecule has 5 N–H and O–H groups in total. The van der Waals surface area contributed by atoms with E-state index in [4.69, 9.17) is 4.74 Å². The predicted octanol–water partition coefficient (Wildman–Crippen LogP) is 3.48. The Kier molecular flexibility index (Phi) is 13.1. The van der Waals surface area contributed by atoms with Gasteiger partial charge >= 0.3 is 0 Å². The van der Waals surface area contributed by atoms with Crippen LogP contribution in [0.25, 0.3) is 0 Å². The number of ether oxygens (including phenoxy) is 1. The molecule has 0 saturated carbocycles. The number of hydrogen-bond acceptors (Lipinski definition) is 7. The van der Waals surface area contributed by atoms with Crippen LogP contribution in [-0.4, -0.2) is 56.3 Å². The van der Waals surface area contributed by atoms with Crippen molar-refractivity contribution in [2.45, 2.75) is 57.7 Å². The van der Waals surface area contributed by atoms with Crippen molar-refractivity contribution in [1.82, 2.24) is 5.32 Å². The Morgan fingerprint density at radius 2 is 1.71 bits per heavy atom. The van der Waals surface area contributed by atoms with Crippen molar-refractivity contribution in [3.63, 3.8) is 0 Å². The quantitative estimate of drug-likeness (QED) is 0.195. The minimum Gasteiger partial charge on any atom is -0.508 e. The molecule has 0 aromatic heterocycles. The summed E-state index contributed by atoms with van der Waals surface area (Å²) in [6.07, 6.45) is 7.57. The lowest BCUT2D eigenvalue weighted by Crippen LogP contribution is -2.22. The summed E-state index contributed by atoms with van der Waals surface area (Å²) in [5, 5.41) is 32.3. The fourth-order valence-corrected chi connectivity index (χ4v) is 4.30. The third-order valence-corrected chi connectivity index (χ3v) is 6.23. The lowest BCUT2D eigenvalue weighted by molar-refractivity contribution is 0.126. The largest absolute Gasteiger partial charge is 0.508 e. The maximum absolute atomic E-state index is 11.3. The monoisotopic (exact) mass is 508 g/mol. The average Bonchev–Trinajstić information content (AvgIpc) is 2.81. The molecule has 0 radical (unpaired) electrons. The van der Waals surface area contributed by atoms with Crippen LogP contribution in [0.1, 0.15) is 61.3 Å². The van der Waals surface area contributed by atoms with Crippen LogP contribution in [0, 0.1) is 0 Å². The summed E-state index contributed by atoms with van der Waals surface area (Å²) >= 11 is 0. The van der Waals surface area contributed by atoms with Gasteiger partial charge in [0.05, 0.1) is 19.0 Å². The first-order valence-electron chi connectivity index (χ1n) is 12.2. The fourth-order valence-electron chi connectivity index (χ4n) is 3.74. The molecule has 0 fully saturated rings. The van der Waals surface area contributed by atoms with Crippen LogP contribution in [0.15, 0.2) is 42.5 Å². The molecule has 0 heterocycles. The standard InChI is InChI=1S/C26H40N2O6S/c1-35(32,33)28-24-11-8-10-21(17-24)9-4-7-16-34-15-6-3-2-5-14-27-19-26(31)22-12-13-25(30)23(18-22)20-29/h8,10-13,17-18,26-31H,2-7,9,14-16,19-20H2,1H3/t26-/m0/s1. The molecule has 0 spiro atoms. The molecule has 0 saturated heterocycles. The van der Waals surface area contributed by atoms with Gasteiger partial charge in [-0.3, -0.25) is 4.72 Å². The smallest absolute Gasteiger partial charge is 0.229 e. The van der Waals surface area contributed by atoms with Gasteiger partial charge in [0.2, 0.25) is 10.0 Å². The highest BCUT2D eigenvalue weighted by atomic mass is 32.2. The molecule has 196 valence electrons. The van der Waals surface area contributed by atoms with Crippen molar-refractivity contribution in [3.8, 4) is 5.75 Å². The van der Waals surface area contributed by atoms with Crippen LogP contribution in [0.5, 0.6) is 5.75 Å². The second-order valence-corrected chi connectivity index (χ2v) is 10.6. The number of nitrogens with one attached hydrogen (secondary N) is 2. The van der Waals surface area contributed by atoms with Crippen molar-refractivity contribution in [2.24, 2.45) is 0 Å². The van der Waals surface area contributed by atoms with Gasteiger partial charge in [-0.25, -0.2) is 8.42 Å².